The number of hydrogen-bond donors (Lipinski definition) is 2. The van der Waals surface area contributed by atoms with Crippen LogP contribution in [0.4, 0.5) is 19.0 Å². The summed E-state index contributed by atoms with van der Waals surface area (Å²) in [5, 5.41) is 2.90. The van der Waals surface area contributed by atoms with Crippen molar-refractivity contribution in [3.63, 3.8) is 0 Å². The van der Waals surface area contributed by atoms with Gasteiger partial charge in [0.15, 0.2) is 0 Å². The minimum absolute atomic E-state index is 0.235. The number of halogens is 3. The number of nitrogens with two attached hydrogens (primary N) is 1. The molecule has 102 valence electrons. The third kappa shape index (κ3) is 5.35. The Bertz CT molecular complexity index is 366. The van der Waals surface area contributed by atoms with E-state index in [-0.39, 0.29) is 6.42 Å². The van der Waals surface area contributed by atoms with Crippen molar-refractivity contribution < 1.29 is 13.2 Å². The van der Waals surface area contributed by atoms with Gasteiger partial charge < -0.3 is 11.1 Å². The highest BCUT2D eigenvalue weighted by Gasteiger charge is 2.31. The molecule has 1 aromatic heterocycles. The average Bonchev–Trinajstić information content (AvgIpc) is 2.27. The van der Waals surface area contributed by atoms with Crippen LogP contribution >= 0.6 is 0 Å². The number of rotatable bonds is 6. The van der Waals surface area contributed by atoms with E-state index in [4.69, 9.17) is 5.73 Å². The van der Waals surface area contributed by atoms with Crippen molar-refractivity contribution in [3.05, 3.63) is 23.9 Å². The third-order valence-corrected chi connectivity index (χ3v) is 2.55. The van der Waals surface area contributed by atoms with Gasteiger partial charge in [0.25, 0.3) is 0 Å². The van der Waals surface area contributed by atoms with Crippen LogP contribution in [-0.4, -0.2) is 23.7 Å². The lowest BCUT2D eigenvalue weighted by molar-refractivity contribution is -0.139. The van der Waals surface area contributed by atoms with Crippen molar-refractivity contribution in [2.24, 2.45) is 0 Å². The van der Waals surface area contributed by atoms with Gasteiger partial charge >= 0.3 is 6.18 Å². The number of pyridine rings is 1. The zero-order valence-corrected chi connectivity index (χ0v) is 10.3. The standard InChI is InChI=1S/C12H18F3N3/c1-2-5-17-10(8-12(13,14)15)7-9-4-3-6-18-11(9)16/h3-4,6,10,17H,2,5,7-8H2,1H3,(H2,16,18). The molecule has 0 saturated carbocycles. The predicted molar refractivity (Wildman–Crippen MR) is 65.1 cm³/mol. The molecule has 18 heavy (non-hydrogen) atoms. The highest BCUT2D eigenvalue weighted by atomic mass is 19.4. The van der Waals surface area contributed by atoms with Crippen LogP contribution in [-0.2, 0) is 6.42 Å². The minimum atomic E-state index is -4.18. The number of nitrogen functional groups attached to an aromatic ring is 1. The molecule has 1 atom stereocenters. The average molecular weight is 261 g/mol. The number of nitrogens with zero attached hydrogens (tertiary/aromatic N) is 1. The van der Waals surface area contributed by atoms with E-state index in [1.807, 2.05) is 6.92 Å². The van der Waals surface area contributed by atoms with Crippen LogP contribution in [0.3, 0.4) is 0 Å². The molecule has 1 aromatic rings. The molecule has 0 saturated heterocycles. The lowest BCUT2D eigenvalue weighted by atomic mass is 10.0. The third-order valence-electron chi connectivity index (χ3n) is 2.55. The van der Waals surface area contributed by atoms with Crippen molar-refractivity contribution in [2.45, 2.75) is 38.4 Å². The van der Waals surface area contributed by atoms with Gasteiger partial charge in [0.05, 0.1) is 6.42 Å². The first-order chi connectivity index (χ1) is 8.42. The first-order valence-electron chi connectivity index (χ1n) is 5.92. The van der Waals surface area contributed by atoms with Crippen LogP contribution in [0.2, 0.25) is 0 Å². The zero-order chi connectivity index (χ0) is 13.6. The predicted octanol–water partition coefficient (Wildman–Crippen LogP) is 2.53. The molecular weight excluding hydrogens is 243 g/mol. The first kappa shape index (κ1) is 14.8. The molecule has 0 radical (unpaired) electrons. The van der Waals surface area contributed by atoms with E-state index in [1.165, 1.54) is 6.20 Å². The Morgan fingerprint density at radius 2 is 2.17 bits per heavy atom. The van der Waals surface area contributed by atoms with Crippen LogP contribution in [0.1, 0.15) is 25.3 Å². The maximum Gasteiger partial charge on any atom is 0.390 e. The Hall–Kier alpha value is -1.30. The Kier molecular flexibility index (Phi) is 5.40. The quantitative estimate of drug-likeness (QED) is 0.827. The molecule has 0 spiro atoms. The van der Waals surface area contributed by atoms with Gasteiger partial charge in [-0.25, -0.2) is 4.98 Å². The Balaban J connectivity index is 2.69. The number of alkyl halides is 3. The molecule has 6 heteroatoms. The van der Waals surface area contributed by atoms with E-state index in [9.17, 15) is 13.2 Å². The molecule has 1 rings (SSSR count). The summed E-state index contributed by atoms with van der Waals surface area (Å²) in [6, 6.07) is 2.73. The summed E-state index contributed by atoms with van der Waals surface area (Å²) < 4.78 is 37.3. The summed E-state index contributed by atoms with van der Waals surface area (Å²) >= 11 is 0. The van der Waals surface area contributed by atoms with Crippen LogP contribution in [0, 0.1) is 0 Å². The molecule has 0 aromatic carbocycles. The van der Waals surface area contributed by atoms with Crippen molar-refractivity contribution >= 4 is 5.82 Å². The summed E-state index contributed by atoms with van der Waals surface area (Å²) in [6.07, 6.45) is -2.49. The molecule has 0 fully saturated rings. The maximum absolute atomic E-state index is 12.4. The van der Waals surface area contributed by atoms with Crippen LogP contribution < -0.4 is 11.1 Å². The molecule has 0 aliphatic carbocycles. The highest BCUT2D eigenvalue weighted by Crippen LogP contribution is 2.24. The van der Waals surface area contributed by atoms with Gasteiger partial charge in [-0.05, 0) is 31.0 Å². The summed E-state index contributed by atoms with van der Waals surface area (Å²) in [7, 11) is 0. The topological polar surface area (TPSA) is 50.9 Å². The molecule has 1 heterocycles. The molecule has 0 aliphatic heterocycles. The Morgan fingerprint density at radius 3 is 2.72 bits per heavy atom. The number of hydrogen-bond acceptors (Lipinski definition) is 3. The van der Waals surface area contributed by atoms with Crippen LogP contribution in [0.15, 0.2) is 18.3 Å². The Morgan fingerprint density at radius 1 is 1.44 bits per heavy atom. The summed E-state index contributed by atoms with van der Waals surface area (Å²) in [6.45, 7) is 2.47. The van der Waals surface area contributed by atoms with Crippen molar-refractivity contribution in [1.82, 2.24) is 10.3 Å². The zero-order valence-electron chi connectivity index (χ0n) is 10.3. The smallest absolute Gasteiger partial charge is 0.383 e. The largest absolute Gasteiger partial charge is 0.390 e. The molecule has 0 amide bonds. The lowest BCUT2D eigenvalue weighted by Crippen LogP contribution is -2.36. The monoisotopic (exact) mass is 261 g/mol. The normalized spacial score (nSPS) is 13.6. The van der Waals surface area contributed by atoms with E-state index in [0.717, 1.165) is 6.42 Å². The van der Waals surface area contributed by atoms with Gasteiger partial charge in [0.2, 0.25) is 0 Å². The molecule has 3 N–H and O–H groups in total. The number of nitrogens with one attached hydrogen (secondary N) is 1. The second-order valence-electron chi connectivity index (χ2n) is 4.22. The van der Waals surface area contributed by atoms with Crippen molar-refractivity contribution in [2.75, 3.05) is 12.3 Å². The molecule has 3 nitrogen and oxygen atoms in total. The second kappa shape index (κ2) is 6.58. The van der Waals surface area contributed by atoms with Gasteiger partial charge in [0, 0.05) is 12.2 Å². The van der Waals surface area contributed by atoms with Gasteiger partial charge in [-0.1, -0.05) is 13.0 Å². The van der Waals surface area contributed by atoms with Gasteiger partial charge in [0.1, 0.15) is 5.82 Å². The number of anilines is 1. The SMILES string of the molecule is CCCNC(Cc1cccnc1N)CC(F)(F)F. The maximum atomic E-state index is 12.4. The Labute approximate surface area is 105 Å². The lowest BCUT2D eigenvalue weighted by Gasteiger charge is -2.20. The van der Waals surface area contributed by atoms with E-state index in [0.29, 0.717) is 17.9 Å². The van der Waals surface area contributed by atoms with Crippen molar-refractivity contribution in [1.29, 1.82) is 0 Å². The fourth-order valence-corrected chi connectivity index (χ4v) is 1.73. The summed E-state index contributed by atoms with van der Waals surface area (Å²) in [5.74, 6) is 0.294. The summed E-state index contributed by atoms with van der Waals surface area (Å²) in [4.78, 5) is 3.88. The van der Waals surface area contributed by atoms with Gasteiger partial charge in [-0.15, -0.1) is 0 Å². The minimum Gasteiger partial charge on any atom is -0.383 e. The van der Waals surface area contributed by atoms with E-state index < -0.39 is 18.6 Å². The molecule has 0 bridgehead atoms. The highest BCUT2D eigenvalue weighted by molar-refractivity contribution is 5.38. The number of aromatic nitrogens is 1. The first-order valence-corrected chi connectivity index (χ1v) is 5.92. The summed E-state index contributed by atoms with van der Waals surface area (Å²) in [5.41, 5.74) is 6.29. The molecular formula is C12H18F3N3. The van der Waals surface area contributed by atoms with Crippen LogP contribution in [0.25, 0.3) is 0 Å². The fraction of sp³-hybridized carbons (Fsp3) is 0.583. The fourth-order valence-electron chi connectivity index (χ4n) is 1.73. The van der Waals surface area contributed by atoms with E-state index in [1.54, 1.807) is 12.1 Å². The molecule has 1 unspecified atom stereocenters. The van der Waals surface area contributed by atoms with E-state index in [2.05, 4.69) is 10.3 Å². The van der Waals surface area contributed by atoms with Gasteiger partial charge in [-0.3, -0.25) is 0 Å². The second-order valence-corrected chi connectivity index (χ2v) is 4.22. The molecule has 0 aliphatic rings. The van der Waals surface area contributed by atoms with Gasteiger partial charge in [-0.2, -0.15) is 13.2 Å². The van der Waals surface area contributed by atoms with Crippen LogP contribution in [0.5, 0.6) is 0 Å². The van der Waals surface area contributed by atoms with Crippen molar-refractivity contribution in [3.8, 4) is 0 Å². The van der Waals surface area contributed by atoms with E-state index >= 15 is 0 Å².